The normalized spacial score (nSPS) is 13.0. The molecule has 0 saturated heterocycles. The zero-order valence-corrected chi connectivity index (χ0v) is 17.0. The first-order chi connectivity index (χ1) is 12.5. The third-order valence-electron chi connectivity index (χ3n) is 4.02. The van der Waals surface area contributed by atoms with Crippen LogP contribution < -0.4 is 14.8 Å². The summed E-state index contributed by atoms with van der Waals surface area (Å²) >= 11 is 7.46. The van der Waals surface area contributed by atoms with Gasteiger partial charge in [0, 0.05) is 9.92 Å². The number of methoxy groups -OCH3 is 2. The molecule has 0 bridgehead atoms. The minimum Gasteiger partial charge on any atom is -0.493 e. The number of nitrogens with one attached hydrogen (secondary N) is 1. The van der Waals surface area contributed by atoms with Gasteiger partial charge < -0.3 is 14.8 Å². The van der Waals surface area contributed by atoms with Gasteiger partial charge in [0.15, 0.2) is 11.5 Å². The van der Waals surface area contributed by atoms with Gasteiger partial charge in [-0.15, -0.1) is 11.8 Å². The van der Waals surface area contributed by atoms with Crippen molar-refractivity contribution in [1.29, 1.82) is 0 Å². The third-order valence-corrected chi connectivity index (χ3v) is 5.65. The van der Waals surface area contributed by atoms with Crippen LogP contribution >= 0.6 is 23.4 Å². The van der Waals surface area contributed by atoms with Crippen molar-refractivity contribution in [3.8, 4) is 11.5 Å². The van der Waals surface area contributed by atoms with E-state index in [1.54, 1.807) is 26.0 Å². The van der Waals surface area contributed by atoms with Gasteiger partial charge in [-0.1, -0.05) is 24.6 Å². The van der Waals surface area contributed by atoms with Crippen LogP contribution in [0.5, 0.6) is 11.5 Å². The number of rotatable bonds is 8. The SMILES string of the molecule is CCC(Sc1ccc(Cl)cc1)C(=O)NC(C)c1ccc(OC)c(OC)c1. The molecule has 0 radical (unpaired) electrons. The minimum absolute atomic E-state index is 0.00901. The van der Waals surface area contributed by atoms with Crippen LogP contribution in [0, 0.1) is 0 Å². The largest absolute Gasteiger partial charge is 0.493 e. The van der Waals surface area contributed by atoms with Crippen LogP contribution in [0.1, 0.15) is 31.9 Å². The molecule has 0 aliphatic heterocycles. The van der Waals surface area contributed by atoms with Crippen LogP contribution in [0.25, 0.3) is 0 Å². The summed E-state index contributed by atoms with van der Waals surface area (Å²) in [6.07, 6.45) is 0.734. The number of amides is 1. The Balaban J connectivity index is 2.05. The highest BCUT2D eigenvalue weighted by atomic mass is 35.5. The van der Waals surface area contributed by atoms with Crippen LogP contribution in [0.3, 0.4) is 0 Å². The summed E-state index contributed by atoms with van der Waals surface area (Å²) in [4.78, 5) is 13.7. The van der Waals surface area contributed by atoms with Crippen molar-refractivity contribution in [2.24, 2.45) is 0 Å². The molecule has 0 aliphatic rings. The summed E-state index contributed by atoms with van der Waals surface area (Å²) in [5.41, 5.74) is 0.961. The highest BCUT2D eigenvalue weighted by Gasteiger charge is 2.20. The summed E-state index contributed by atoms with van der Waals surface area (Å²) in [5.74, 6) is 1.32. The second-order valence-corrected chi connectivity index (χ2v) is 7.53. The smallest absolute Gasteiger partial charge is 0.233 e. The number of thioether (sulfide) groups is 1. The van der Waals surface area contributed by atoms with Crippen molar-refractivity contribution in [2.75, 3.05) is 14.2 Å². The molecule has 1 N–H and O–H groups in total. The molecule has 2 unspecified atom stereocenters. The third kappa shape index (κ3) is 5.32. The second-order valence-electron chi connectivity index (χ2n) is 5.81. The first-order valence-corrected chi connectivity index (χ1v) is 9.68. The van der Waals surface area contributed by atoms with E-state index in [1.807, 2.05) is 56.3 Å². The van der Waals surface area contributed by atoms with E-state index in [0.717, 1.165) is 16.9 Å². The predicted molar refractivity (Wildman–Crippen MR) is 107 cm³/mol. The van der Waals surface area contributed by atoms with Crippen LogP contribution in [-0.2, 0) is 4.79 Å². The Morgan fingerprint density at radius 1 is 1.12 bits per heavy atom. The standard InChI is InChI=1S/C20H24ClNO3S/c1-5-19(26-16-9-7-15(21)8-10-16)20(23)22-13(2)14-6-11-17(24-3)18(12-14)25-4/h6-13,19H,5H2,1-4H3,(H,22,23). The average molecular weight is 394 g/mol. The Morgan fingerprint density at radius 3 is 2.35 bits per heavy atom. The molecule has 0 fully saturated rings. The van der Waals surface area contributed by atoms with Crippen LogP contribution in [-0.4, -0.2) is 25.4 Å². The van der Waals surface area contributed by atoms with Crippen molar-refractivity contribution >= 4 is 29.3 Å². The molecule has 0 spiro atoms. The zero-order valence-electron chi connectivity index (χ0n) is 15.4. The number of carbonyl (C=O) groups is 1. The average Bonchev–Trinajstić information content (AvgIpc) is 2.66. The lowest BCUT2D eigenvalue weighted by Crippen LogP contribution is -2.34. The monoisotopic (exact) mass is 393 g/mol. The van der Waals surface area contributed by atoms with E-state index >= 15 is 0 Å². The number of hydrogen-bond donors (Lipinski definition) is 1. The fraction of sp³-hybridized carbons (Fsp3) is 0.350. The van der Waals surface area contributed by atoms with E-state index in [1.165, 1.54) is 0 Å². The van der Waals surface area contributed by atoms with Crippen molar-refractivity contribution < 1.29 is 14.3 Å². The molecule has 0 heterocycles. The van der Waals surface area contributed by atoms with Gasteiger partial charge in [-0.2, -0.15) is 0 Å². The van der Waals surface area contributed by atoms with E-state index in [-0.39, 0.29) is 17.2 Å². The molecular weight excluding hydrogens is 370 g/mol. The molecule has 2 aromatic rings. The molecule has 6 heteroatoms. The number of hydrogen-bond acceptors (Lipinski definition) is 4. The van der Waals surface area contributed by atoms with Crippen LogP contribution in [0.2, 0.25) is 5.02 Å². The lowest BCUT2D eigenvalue weighted by Gasteiger charge is -2.20. The summed E-state index contributed by atoms with van der Waals surface area (Å²) < 4.78 is 10.6. The van der Waals surface area contributed by atoms with Gasteiger partial charge in [0.1, 0.15) is 0 Å². The Morgan fingerprint density at radius 2 is 1.77 bits per heavy atom. The fourth-order valence-electron chi connectivity index (χ4n) is 2.51. The summed E-state index contributed by atoms with van der Waals surface area (Å²) in [6, 6.07) is 13.1. The fourth-order valence-corrected chi connectivity index (χ4v) is 3.60. The van der Waals surface area contributed by atoms with Crippen molar-refractivity contribution in [1.82, 2.24) is 5.32 Å². The Labute approximate surface area is 164 Å². The van der Waals surface area contributed by atoms with Gasteiger partial charge in [0.25, 0.3) is 0 Å². The molecule has 26 heavy (non-hydrogen) atoms. The van der Waals surface area contributed by atoms with E-state index in [2.05, 4.69) is 5.32 Å². The number of halogens is 1. The topological polar surface area (TPSA) is 47.6 Å². The number of benzene rings is 2. The molecule has 1 amide bonds. The Hall–Kier alpha value is -1.85. The lowest BCUT2D eigenvalue weighted by atomic mass is 10.1. The second kappa shape index (κ2) is 9.74. The molecule has 0 saturated carbocycles. The summed E-state index contributed by atoms with van der Waals surface area (Å²) in [6.45, 7) is 3.97. The van der Waals surface area contributed by atoms with Gasteiger partial charge in [0.05, 0.1) is 25.5 Å². The maximum Gasteiger partial charge on any atom is 0.233 e. The Bertz CT molecular complexity index is 736. The van der Waals surface area contributed by atoms with E-state index < -0.39 is 0 Å². The van der Waals surface area contributed by atoms with Crippen molar-refractivity contribution in [3.05, 3.63) is 53.1 Å². The molecular formula is C20H24ClNO3S. The van der Waals surface area contributed by atoms with Gasteiger partial charge >= 0.3 is 0 Å². The molecule has 140 valence electrons. The van der Waals surface area contributed by atoms with Crippen molar-refractivity contribution in [3.63, 3.8) is 0 Å². The molecule has 2 atom stereocenters. The highest BCUT2D eigenvalue weighted by Crippen LogP contribution is 2.31. The van der Waals surface area contributed by atoms with Gasteiger partial charge in [-0.25, -0.2) is 0 Å². The van der Waals surface area contributed by atoms with Crippen LogP contribution in [0.15, 0.2) is 47.4 Å². The summed E-state index contributed by atoms with van der Waals surface area (Å²) in [5, 5.41) is 3.61. The molecule has 4 nitrogen and oxygen atoms in total. The quantitative estimate of drug-likeness (QED) is 0.633. The summed E-state index contributed by atoms with van der Waals surface area (Å²) in [7, 11) is 3.20. The molecule has 2 rings (SSSR count). The number of carbonyl (C=O) groups excluding carboxylic acids is 1. The van der Waals surface area contributed by atoms with Crippen LogP contribution in [0.4, 0.5) is 0 Å². The molecule has 0 aliphatic carbocycles. The van der Waals surface area contributed by atoms with Gasteiger partial charge in [0.2, 0.25) is 5.91 Å². The lowest BCUT2D eigenvalue weighted by molar-refractivity contribution is -0.121. The van der Waals surface area contributed by atoms with E-state index in [0.29, 0.717) is 16.5 Å². The first-order valence-electron chi connectivity index (χ1n) is 8.43. The molecule has 0 aromatic heterocycles. The van der Waals surface area contributed by atoms with Gasteiger partial charge in [-0.05, 0) is 55.3 Å². The molecule has 2 aromatic carbocycles. The number of ether oxygens (including phenoxy) is 2. The maximum absolute atomic E-state index is 12.7. The Kier molecular flexibility index (Phi) is 7.66. The van der Waals surface area contributed by atoms with Crippen molar-refractivity contribution in [2.45, 2.75) is 36.5 Å². The minimum atomic E-state index is -0.168. The van der Waals surface area contributed by atoms with E-state index in [9.17, 15) is 4.79 Å². The highest BCUT2D eigenvalue weighted by molar-refractivity contribution is 8.00. The van der Waals surface area contributed by atoms with E-state index in [4.69, 9.17) is 21.1 Å². The first kappa shape index (κ1) is 20.5. The van der Waals surface area contributed by atoms with Gasteiger partial charge in [-0.3, -0.25) is 4.79 Å². The maximum atomic E-state index is 12.7. The predicted octanol–water partition coefficient (Wildman–Crippen LogP) is 5.11. The zero-order chi connectivity index (χ0) is 19.1.